The molecule has 0 radical (unpaired) electrons. The Hall–Kier alpha value is -2.09. The first-order valence-electron chi connectivity index (χ1n) is 8.45. The Bertz CT molecular complexity index is 592. The second kappa shape index (κ2) is 8.52. The first-order chi connectivity index (χ1) is 11.2. The van der Waals surface area contributed by atoms with E-state index in [4.69, 9.17) is 4.74 Å². The third kappa shape index (κ3) is 4.69. The highest BCUT2D eigenvalue weighted by Gasteiger charge is 2.37. The highest BCUT2D eigenvalue weighted by atomic mass is 16.5. The lowest BCUT2D eigenvalue weighted by Crippen LogP contribution is -2.35. The molecule has 1 unspecified atom stereocenters. The Morgan fingerprint density at radius 2 is 1.48 bits per heavy atom. The molecule has 0 aliphatic rings. The number of benzene rings is 2. The number of ether oxygens (including phenoxy) is 1. The van der Waals surface area contributed by atoms with Crippen molar-refractivity contribution >= 4 is 5.97 Å². The number of hydrogen-bond donors (Lipinski definition) is 0. The van der Waals surface area contributed by atoms with Crippen LogP contribution in [0.5, 0.6) is 0 Å². The highest BCUT2D eigenvalue weighted by molar-refractivity contribution is 5.77. The van der Waals surface area contributed by atoms with Gasteiger partial charge in [0.2, 0.25) is 0 Å². The molecular formula is C21H26O2. The van der Waals surface area contributed by atoms with E-state index in [-0.39, 0.29) is 5.97 Å². The molecule has 0 aliphatic heterocycles. The molecule has 0 saturated heterocycles. The lowest BCUT2D eigenvalue weighted by molar-refractivity contribution is -0.156. The van der Waals surface area contributed by atoms with Crippen molar-refractivity contribution in [1.82, 2.24) is 0 Å². The maximum Gasteiger partial charge on any atom is 0.312 e. The molecule has 2 aromatic carbocycles. The van der Waals surface area contributed by atoms with E-state index in [9.17, 15) is 4.79 Å². The average molecular weight is 310 g/mol. The molecule has 2 rings (SSSR count). The summed E-state index contributed by atoms with van der Waals surface area (Å²) in [6, 6.07) is 20.6. The van der Waals surface area contributed by atoms with Crippen molar-refractivity contribution in [3.63, 3.8) is 0 Å². The molecule has 0 amide bonds. The van der Waals surface area contributed by atoms with E-state index in [2.05, 4.69) is 31.2 Å². The second-order valence-electron chi connectivity index (χ2n) is 6.00. The molecule has 0 bridgehead atoms. The van der Waals surface area contributed by atoms with E-state index in [0.717, 1.165) is 25.7 Å². The standard InChI is InChI=1S/C21H26O2/c1-3-21(20(22)23-4-2,17-19-13-9-6-10-14-19)16-15-18-11-7-5-8-12-18/h5-14H,3-4,15-17H2,1-2H3. The van der Waals surface area contributed by atoms with Crippen LogP contribution in [0.4, 0.5) is 0 Å². The molecule has 0 aliphatic carbocycles. The van der Waals surface area contributed by atoms with Gasteiger partial charge in [0.25, 0.3) is 0 Å². The first kappa shape index (κ1) is 17.3. The van der Waals surface area contributed by atoms with E-state index in [1.807, 2.05) is 43.3 Å². The average Bonchev–Trinajstić information content (AvgIpc) is 2.60. The van der Waals surface area contributed by atoms with Gasteiger partial charge in [0.1, 0.15) is 0 Å². The minimum atomic E-state index is -0.451. The lowest BCUT2D eigenvalue weighted by atomic mass is 9.75. The molecule has 23 heavy (non-hydrogen) atoms. The molecule has 1 atom stereocenters. The summed E-state index contributed by atoms with van der Waals surface area (Å²) in [7, 11) is 0. The Morgan fingerprint density at radius 1 is 0.913 bits per heavy atom. The molecule has 0 N–H and O–H groups in total. The summed E-state index contributed by atoms with van der Waals surface area (Å²) in [5, 5.41) is 0. The molecule has 0 spiro atoms. The molecule has 0 heterocycles. The van der Waals surface area contributed by atoms with E-state index in [0.29, 0.717) is 6.61 Å². The maximum atomic E-state index is 12.7. The molecule has 0 saturated carbocycles. The van der Waals surface area contributed by atoms with Crippen LogP contribution < -0.4 is 0 Å². The number of hydrogen-bond acceptors (Lipinski definition) is 2. The van der Waals surface area contributed by atoms with Gasteiger partial charge in [0.05, 0.1) is 12.0 Å². The fraction of sp³-hybridized carbons (Fsp3) is 0.381. The number of aryl methyl sites for hydroxylation is 1. The normalized spacial score (nSPS) is 13.3. The van der Waals surface area contributed by atoms with Gasteiger partial charge in [-0.1, -0.05) is 67.6 Å². The third-order valence-electron chi connectivity index (χ3n) is 4.51. The summed E-state index contributed by atoms with van der Waals surface area (Å²) in [5.41, 5.74) is 2.01. The smallest absolute Gasteiger partial charge is 0.312 e. The predicted molar refractivity (Wildman–Crippen MR) is 94.3 cm³/mol. The van der Waals surface area contributed by atoms with Crippen molar-refractivity contribution in [3.05, 3.63) is 71.8 Å². The van der Waals surface area contributed by atoms with E-state index in [1.165, 1.54) is 11.1 Å². The SMILES string of the molecule is CCOC(=O)C(CC)(CCc1ccccc1)Cc1ccccc1. The Kier molecular flexibility index (Phi) is 6.40. The van der Waals surface area contributed by atoms with Crippen molar-refractivity contribution in [2.75, 3.05) is 6.61 Å². The number of esters is 1. The minimum absolute atomic E-state index is 0.0673. The van der Waals surface area contributed by atoms with Crippen LogP contribution in [-0.2, 0) is 22.4 Å². The van der Waals surface area contributed by atoms with Crippen LogP contribution in [0.1, 0.15) is 37.8 Å². The van der Waals surface area contributed by atoms with Crippen LogP contribution in [0.2, 0.25) is 0 Å². The largest absolute Gasteiger partial charge is 0.466 e. The van der Waals surface area contributed by atoms with Crippen molar-refractivity contribution in [1.29, 1.82) is 0 Å². The van der Waals surface area contributed by atoms with Crippen molar-refractivity contribution in [2.45, 2.75) is 39.5 Å². The molecule has 122 valence electrons. The van der Waals surface area contributed by atoms with Gasteiger partial charge in [-0.3, -0.25) is 4.79 Å². The van der Waals surface area contributed by atoms with Gasteiger partial charge in [0.15, 0.2) is 0 Å². The summed E-state index contributed by atoms with van der Waals surface area (Å²) in [6.07, 6.45) is 3.21. The van der Waals surface area contributed by atoms with Gasteiger partial charge in [-0.25, -0.2) is 0 Å². The minimum Gasteiger partial charge on any atom is -0.466 e. The predicted octanol–water partition coefficient (Wildman–Crippen LogP) is 4.82. The van der Waals surface area contributed by atoms with Crippen molar-refractivity contribution in [2.24, 2.45) is 5.41 Å². The quantitative estimate of drug-likeness (QED) is 0.653. The van der Waals surface area contributed by atoms with Gasteiger partial charge < -0.3 is 4.74 Å². The molecule has 0 fully saturated rings. The van der Waals surface area contributed by atoms with Crippen LogP contribution >= 0.6 is 0 Å². The molecule has 2 heteroatoms. The summed E-state index contributed by atoms with van der Waals surface area (Å²) in [4.78, 5) is 12.7. The highest BCUT2D eigenvalue weighted by Crippen LogP contribution is 2.34. The zero-order valence-electron chi connectivity index (χ0n) is 14.1. The third-order valence-corrected chi connectivity index (χ3v) is 4.51. The topological polar surface area (TPSA) is 26.3 Å². The van der Waals surface area contributed by atoms with Crippen molar-refractivity contribution < 1.29 is 9.53 Å². The van der Waals surface area contributed by atoms with Gasteiger partial charge in [-0.05, 0) is 43.7 Å². The Morgan fingerprint density at radius 3 is 2.00 bits per heavy atom. The maximum absolute atomic E-state index is 12.7. The zero-order chi connectivity index (χ0) is 16.5. The van der Waals surface area contributed by atoms with Gasteiger partial charge in [0, 0.05) is 0 Å². The molecule has 2 nitrogen and oxygen atoms in total. The first-order valence-corrected chi connectivity index (χ1v) is 8.45. The van der Waals surface area contributed by atoms with Gasteiger partial charge in [-0.2, -0.15) is 0 Å². The van der Waals surface area contributed by atoms with Gasteiger partial charge >= 0.3 is 5.97 Å². The number of carbonyl (C=O) groups excluding carboxylic acids is 1. The Labute approximate surface area is 139 Å². The van der Waals surface area contributed by atoms with Crippen LogP contribution in [0.3, 0.4) is 0 Å². The summed E-state index contributed by atoms with van der Waals surface area (Å²) in [5.74, 6) is -0.0673. The Balaban J connectivity index is 2.20. The van der Waals surface area contributed by atoms with Gasteiger partial charge in [-0.15, -0.1) is 0 Å². The fourth-order valence-corrected chi connectivity index (χ4v) is 3.01. The fourth-order valence-electron chi connectivity index (χ4n) is 3.01. The van der Waals surface area contributed by atoms with E-state index < -0.39 is 5.41 Å². The summed E-state index contributed by atoms with van der Waals surface area (Å²) in [6.45, 7) is 4.39. The lowest BCUT2D eigenvalue weighted by Gasteiger charge is -2.30. The van der Waals surface area contributed by atoms with Crippen LogP contribution in [-0.4, -0.2) is 12.6 Å². The molecular weight excluding hydrogens is 284 g/mol. The van der Waals surface area contributed by atoms with Crippen LogP contribution in [0.25, 0.3) is 0 Å². The van der Waals surface area contributed by atoms with Crippen LogP contribution in [0, 0.1) is 5.41 Å². The summed E-state index contributed by atoms with van der Waals surface area (Å²) < 4.78 is 5.42. The van der Waals surface area contributed by atoms with Crippen molar-refractivity contribution in [3.8, 4) is 0 Å². The second-order valence-corrected chi connectivity index (χ2v) is 6.00. The monoisotopic (exact) mass is 310 g/mol. The molecule has 2 aromatic rings. The number of rotatable bonds is 8. The number of carbonyl (C=O) groups is 1. The van der Waals surface area contributed by atoms with E-state index >= 15 is 0 Å². The molecule has 0 aromatic heterocycles. The van der Waals surface area contributed by atoms with E-state index in [1.54, 1.807) is 0 Å². The van der Waals surface area contributed by atoms with Crippen LogP contribution in [0.15, 0.2) is 60.7 Å². The summed E-state index contributed by atoms with van der Waals surface area (Å²) >= 11 is 0. The zero-order valence-corrected chi connectivity index (χ0v) is 14.1.